The van der Waals surface area contributed by atoms with E-state index in [2.05, 4.69) is 21.3 Å². The number of sulfonamides is 1. The largest absolute Gasteiger partial charge is 0.480 e. The van der Waals surface area contributed by atoms with Gasteiger partial charge in [0.25, 0.3) is 0 Å². The Balaban J connectivity index is 1.08. The molecule has 1 aliphatic rings. The average molecular weight is 698 g/mol. The molecule has 0 bridgehead atoms. The van der Waals surface area contributed by atoms with E-state index in [0.29, 0.717) is 29.8 Å². The molecule has 0 spiro atoms. The highest BCUT2D eigenvalue weighted by Crippen LogP contribution is 2.26. The first-order chi connectivity index (χ1) is 24.0. The van der Waals surface area contributed by atoms with Crippen molar-refractivity contribution in [3.8, 4) is 0 Å². The number of carbonyl (C=O) groups excluding carboxylic acids is 3. The normalized spacial score (nSPS) is 15.1. The molecule has 4 aromatic rings. The summed E-state index contributed by atoms with van der Waals surface area (Å²) in [6, 6.07) is 26.6. The van der Waals surface area contributed by atoms with E-state index < -0.39 is 34.0 Å². The number of aliphatic carboxylic acids is 1. The fourth-order valence-electron chi connectivity index (χ4n) is 5.67. The van der Waals surface area contributed by atoms with Gasteiger partial charge in [-0.2, -0.15) is 4.31 Å². The SMILES string of the molecule is Cc1ccccc1NC(=O)Nc1ccc(CC(=O)NCc2ccc(C[C@H](NC(=O)[C@@H]3CCCN3S(=O)(=O)c3ccccc3)C(=O)O)cc2)cc1. The Kier molecular flexibility index (Phi) is 11.6. The summed E-state index contributed by atoms with van der Waals surface area (Å²) in [6.45, 7) is 2.33. The molecule has 1 aliphatic heterocycles. The van der Waals surface area contributed by atoms with E-state index in [4.69, 9.17) is 0 Å². The summed E-state index contributed by atoms with van der Waals surface area (Å²) in [5, 5.41) is 20.8. The highest BCUT2D eigenvalue weighted by Gasteiger charge is 2.40. The number of amides is 4. The van der Waals surface area contributed by atoms with Crippen LogP contribution in [0.4, 0.5) is 16.2 Å². The number of nitrogens with zero attached hydrogens (tertiary/aromatic N) is 1. The van der Waals surface area contributed by atoms with E-state index in [1.165, 1.54) is 12.1 Å². The molecule has 1 saturated heterocycles. The van der Waals surface area contributed by atoms with Gasteiger partial charge in [-0.15, -0.1) is 0 Å². The summed E-state index contributed by atoms with van der Waals surface area (Å²) in [6.07, 6.45) is 0.906. The smallest absolute Gasteiger partial charge is 0.326 e. The second kappa shape index (κ2) is 16.2. The third-order valence-corrected chi connectivity index (χ3v) is 10.3. The maximum Gasteiger partial charge on any atom is 0.326 e. The predicted octanol–water partition coefficient (Wildman–Crippen LogP) is 4.46. The molecule has 2 atom stereocenters. The zero-order valence-corrected chi connectivity index (χ0v) is 28.3. The molecule has 5 rings (SSSR count). The maximum absolute atomic E-state index is 13.2. The van der Waals surface area contributed by atoms with E-state index >= 15 is 0 Å². The van der Waals surface area contributed by atoms with E-state index in [-0.39, 0.29) is 42.8 Å². The van der Waals surface area contributed by atoms with E-state index in [9.17, 15) is 32.7 Å². The van der Waals surface area contributed by atoms with Crippen molar-refractivity contribution in [3.63, 3.8) is 0 Å². The third kappa shape index (κ3) is 9.33. The molecule has 50 heavy (non-hydrogen) atoms. The summed E-state index contributed by atoms with van der Waals surface area (Å²) in [4.78, 5) is 50.3. The summed E-state index contributed by atoms with van der Waals surface area (Å²) in [5.74, 6) is -2.08. The molecule has 0 aliphatic carbocycles. The average Bonchev–Trinajstić information content (AvgIpc) is 3.61. The number of carbonyl (C=O) groups is 4. The number of carboxylic acid groups (broad SMARTS) is 1. The molecular weight excluding hydrogens is 659 g/mol. The van der Waals surface area contributed by atoms with Crippen LogP contribution in [0.1, 0.15) is 35.1 Å². The van der Waals surface area contributed by atoms with Gasteiger partial charge in [-0.05, 0) is 72.4 Å². The van der Waals surface area contributed by atoms with Crippen LogP contribution in [0.5, 0.6) is 0 Å². The Hall–Kier alpha value is -5.53. The lowest BCUT2D eigenvalue weighted by Crippen LogP contribution is -2.51. The molecular formula is C37H39N5O7S. The van der Waals surface area contributed by atoms with Gasteiger partial charge in [-0.25, -0.2) is 18.0 Å². The zero-order chi connectivity index (χ0) is 35.7. The Morgan fingerprint density at radius 3 is 2.14 bits per heavy atom. The molecule has 4 amide bonds. The van der Waals surface area contributed by atoms with Crippen LogP contribution in [0.25, 0.3) is 0 Å². The van der Waals surface area contributed by atoms with Gasteiger partial charge in [0, 0.05) is 30.9 Å². The van der Waals surface area contributed by atoms with Crippen LogP contribution in [0.2, 0.25) is 0 Å². The fraction of sp³-hybridized carbons (Fsp3) is 0.243. The zero-order valence-electron chi connectivity index (χ0n) is 27.5. The maximum atomic E-state index is 13.2. The Morgan fingerprint density at radius 2 is 1.46 bits per heavy atom. The molecule has 0 aromatic heterocycles. The second-order valence-electron chi connectivity index (χ2n) is 12.1. The molecule has 0 radical (unpaired) electrons. The summed E-state index contributed by atoms with van der Waals surface area (Å²) in [5.41, 5.74) is 4.46. The number of rotatable bonds is 13. The number of anilines is 2. The second-order valence-corrected chi connectivity index (χ2v) is 13.9. The van der Waals surface area contributed by atoms with Crippen molar-refractivity contribution < 1.29 is 32.7 Å². The van der Waals surface area contributed by atoms with Crippen molar-refractivity contribution in [2.24, 2.45) is 0 Å². The first-order valence-corrected chi connectivity index (χ1v) is 17.6. The van der Waals surface area contributed by atoms with E-state index in [0.717, 1.165) is 21.0 Å². The van der Waals surface area contributed by atoms with Gasteiger partial charge < -0.3 is 26.4 Å². The van der Waals surface area contributed by atoms with Gasteiger partial charge in [0.05, 0.1) is 11.3 Å². The Morgan fingerprint density at radius 1 is 0.820 bits per heavy atom. The van der Waals surface area contributed by atoms with Crippen molar-refractivity contribution in [1.29, 1.82) is 0 Å². The number of para-hydroxylation sites is 1. The number of hydrogen-bond acceptors (Lipinski definition) is 6. The van der Waals surface area contributed by atoms with Gasteiger partial charge >= 0.3 is 12.0 Å². The van der Waals surface area contributed by atoms with Crippen LogP contribution in [-0.4, -0.2) is 60.3 Å². The molecule has 12 nitrogen and oxygen atoms in total. The lowest BCUT2D eigenvalue weighted by Gasteiger charge is -2.25. The van der Waals surface area contributed by atoms with Crippen molar-refractivity contribution in [2.75, 3.05) is 17.2 Å². The number of aryl methyl sites for hydroxylation is 1. The van der Waals surface area contributed by atoms with Gasteiger partial charge in [0.2, 0.25) is 21.8 Å². The molecule has 4 aromatic carbocycles. The standard InChI is InChI=1S/C37H39N5O7S/c1-25-8-5-6-11-31(25)41-37(47)39-29-19-17-27(18-20-29)23-34(43)38-24-28-15-13-26(14-16-28)22-32(36(45)46)40-35(44)33-12-7-21-42(33)50(48,49)30-9-3-2-4-10-30/h2-6,8-11,13-20,32-33H,7,12,21-24H2,1H3,(H,38,43)(H,40,44)(H,45,46)(H2,39,41,47)/t32-,33-/m0/s1. The molecule has 260 valence electrons. The highest BCUT2D eigenvalue weighted by molar-refractivity contribution is 7.89. The first-order valence-electron chi connectivity index (χ1n) is 16.2. The van der Waals surface area contributed by atoms with Crippen LogP contribution in [-0.2, 0) is 43.8 Å². The lowest BCUT2D eigenvalue weighted by molar-refractivity contribution is -0.142. The minimum atomic E-state index is -3.92. The lowest BCUT2D eigenvalue weighted by atomic mass is 10.0. The topological polar surface area (TPSA) is 174 Å². The van der Waals surface area contributed by atoms with Gasteiger partial charge in [-0.3, -0.25) is 9.59 Å². The monoisotopic (exact) mass is 697 g/mol. The van der Waals surface area contributed by atoms with Crippen LogP contribution in [0, 0.1) is 6.92 Å². The molecule has 1 heterocycles. The van der Waals surface area contributed by atoms with E-state index in [1.807, 2.05) is 31.2 Å². The molecule has 5 N–H and O–H groups in total. The number of nitrogens with one attached hydrogen (secondary N) is 4. The Bertz CT molecular complexity index is 1940. The van der Waals surface area contributed by atoms with Crippen molar-refractivity contribution >= 4 is 45.2 Å². The van der Waals surface area contributed by atoms with Gasteiger partial charge in [-0.1, -0.05) is 72.8 Å². The minimum Gasteiger partial charge on any atom is -0.480 e. The van der Waals surface area contributed by atoms with Gasteiger partial charge in [0.1, 0.15) is 12.1 Å². The fourth-order valence-corrected chi connectivity index (χ4v) is 7.34. The van der Waals surface area contributed by atoms with E-state index in [1.54, 1.807) is 66.7 Å². The van der Waals surface area contributed by atoms with Crippen molar-refractivity contribution in [3.05, 3.63) is 125 Å². The molecule has 13 heteroatoms. The third-order valence-electron chi connectivity index (χ3n) is 8.39. The van der Waals surface area contributed by atoms with Crippen LogP contribution in [0.3, 0.4) is 0 Å². The van der Waals surface area contributed by atoms with Crippen molar-refractivity contribution in [1.82, 2.24) is 14.9 Å². The van der Waals surface area contributed by atoms with Crippen LogP contribution < -0.4 is 21.3 Å². The summed E-state index contributed by atoms with van der Waals surface area (Å²) in [7, 11) is -3.92. The van der Waals surface area contributed by atoms with Crippen molar-refractivity contribution in [2.45, 2.75) is 56.1 Å². The first kappa shape index (κ1) is 35.8. The minimum absolute atomic E-state index is 0.00965. The summed E-state index contributed by atoms with van der Waals surface area (Å²) >= 11 is 0. The number of carboxylic acids is 1. The quantitative estimate of drug-likeness (QED) is 0.137. The van der Waals surface area contributed by atoms with Crippen LogP contribution >= 0.6 is 0 Å². The number of benzene rings is 4. The predicted molar refractivity (Wildman–Crippen MR) is 189 cm³/mol. The molecule has 0 saturated carbocycles. The van der Waals surface area contributed by atoms with Gasteiger partial charge in [0.15, 0.2) is 0 Å². The number of urea groups is 1. The Labute approximate surface area is 291 Å². The summed E-state index contributed by atoms with van der Waals surface area (Å²) < 4.78 is 27.5. The highest BCUT2D eigenvalue weighted by atomic mass is 32.2. The molecule has 0 unspecified atom stereocenters. The number of hydrogen-bond donors (Lipinski definition) is 5. The van der Waals surface area contributed by atoms with Crippen LogP contribution in [0.15, 0.2) is 108 Å². The molecule has 1 fully saturated rings.